The highest BCUT2D eigenvalue weighted by atomic mass is 79.9. The zero-order valence-corrected chi connectivity index (χ0v) is 13.5. The zero-order chi connectivity index (χ0) is 13.8. The molecule has 1 aromatic rings. The first-order valence-corrected chi connectivity index (χ1v) is 8.05. The van der Waals surface area contributed by atoms with Gasteiger partial charge < -0.3 is 10.6 Å². The Kier molecular flexibility index (Phi) is 5.08. The lowest BCUT2D eigenvalue weighted by Crippen LogP contribution is -2.35. The van der Waals surface area contributed by atoms with Crippen LogP contribution in [-0.4, -0.2) is 17.6 Å². The predicted molar refractivity (Wildman–Crippen MR) is 85.4 cm³/mol. The van der Waals surface area contributed by atoms with E-state index in [4.69, 9.17) is 5.73 Å². The van der Waals surface area contributed by atoms with Crippen molar-refractivity contribution >= 4 is 27.4 Å². The number of anilines is 2. The van der Waals surface area contributed by atoms with Crippen molar-refractivity contribution in [2.24, 2.45) is 5.92 Å². The molecule has 0 aromatic carbocycles. The van der Waals surface area contributed by atoms with E-state index in [-0.39, 0.29) is 0 Å². The van der Waals surface area contributed by atoms with Gasteiger partial charge in [-0.05, 0) is 47.2 Å². The first kappa shape index (κ1) is 14.6. The van der Waals surface area contributed by atoms with E-state index in [2.05, 4.69) is 39.7 Å². The summed E-state index contributed by atoms with van der Waals surface area (Å²) in [5.41, 5.74) is 6.51. The first-order chi connectivity index (χ1) is 9.08. The number of nitrogen functional groups attached to an aromatic ring is 1. The highest BCUT2D eigenvalue weighted by Crippen LogP contribution is 2.32. The second-order valence-electron chi connectivity index (χ2n) is 5.89. The molecule has 0 radical (unpaired) electrons. The van der Waals surface area contributed by atoms with Crippen LogP contribution in [0.3, 0.4) is 0 Å². The van der Waals surface area contributed by atoms with Crippen LogP contribution < -0.4 is 10.6 Å². The van der Waals surface area contributed by atoms with Crippen LogP contribution >= 0.6 is 15.9 Å². The summed E-state index contributed by atoms with van der Waals surface area (Å²) < 4.78 is 1.02. The molecule has 1 saturated carbocycles. The van der Waals surface area contributed by atoms with Crippen molar-refractivity contribution in [1.82, 2.24) is 4.98 Å². The summed E-state index contributed by atoms with van der Waals surface area (Å²) in [5.74, 6) is 1.78. The van der Waals surface area contributed by atoms with E-state index < -0.39 is 0 Å². The SMILES string of the molecule is CC(C)CCN(c1ncc(N)cc1Br)C1CCCC1. The molecule has 1 heterocycles. The fourth-order valence-corrected chi connectivity index (χ4v) is 3.33. The molecule has 0 amide bonds. The molecule has 4 heteroatoms. The van der Waals surface area contributed by atoms with Gasteiger partial charge in [0.05, 0.1) is 16.4 Å². The van der Waals surface area contributed by atoms with E-state index in [1.807, 2.05) is 6.07 Å². The number of halogens is 1. The van der Waals surface area contributed by atoms with Crippen molar-refractivity contribution in [2.75, 3.05) is 17.2 Å². The quantitative estimate of drug-likeness (QED) is 0.881. The van der Waals surface area contributed by atoms with Gasteiger partial charge in [0, 0.05) is 12.6 Å². The Bertz CT molecular complexity index is 414. The molecule has 1 aliphatic carbocycles. The summed E-state index contributed by atoms with van der Waals surface area (Å²) in [4.78, 5) is 7.04. The minimum absolute atomic E-state index is 0.645. The number of hydrogen-bond donors (Lipinski definition) is 1. The normalized spacial score (nSPS) is 16.2. The van der Waals surface area contributed by atoms with Gasteiger partial charge in [-0.1, -0.05) is 26.7 Å². The van der Waals surface area contributed by atoms with Gasteiger partial charge in [-0.15, -0.1) is 0 Å². The molecule has 1 fully saturated rings. The summed E-state index contributed by atoms with van der Waals surface area (Å²) >= 11 is 3.62. The molecule has 0 aliphatic heterocycles. The fourth-order valence-electron chi connectivity index (χ4n) is 2.73. The summed E-state index contributed by atoms with van der Waals surface area (Å²) in [7, 11) is 0. The standard InChI is InChI=1S/C15H24BrN3/c1-11(2)7-8-19(13-5-3-4-6-13)15-14(16)9-12(17)10-18-15/h9-11,13H,3-8,17H2,1-2H3. The molecule has 2 N–H and O–H groups in total. The van der Waals surface area contributed by atoms with Crippen molar-refractivity contribution in [3.63, 3.8) is 0 Å². The van der Waals surface area contributed by atoms with Crippen molar-refractivity contribution in [3.05, 3.63) is 16.7 Å². The van der Waals surface area contributed by atoms with Crippen molar-refractivity contribution in [1.29, 1.82) is 0 Å². The Morgan fingerprint density at radius 3 is 2.68 bits per heavy atom. The van der Waals surface area contributed by atoms with Crippen LogP contribution in [0.2, 0.25) is 0 Å². The molecule has 2 rings (SSSR count). The average Bonchev–Trinajstić information content (AvgIpc) is 2.85. The molecule has 0 saturated heterocycles. The summed E-state index contributed by atoms with van der Waals surface area (Å²) in [5, 5.41) is 0. The number of rotatable bonds is 5. The Labute approximate surface area is 124 Å². The maximum atomic E-state index is 5.79. The van der Waals surface area contributed by atoms with Gasteiger partial charge in [0.15, 0.2) is 0 Å². The lowest BCUT2D eigenvalue weighted by Gasteiger charge is -2.31. The van der Waals surface area contributed by atoms with Crippen LogP contribution in [0, 0.1) is 5.92 Å². The molecule has 0 unspecified atom stereocenters. The van der Waals surface area contributed by atoms with Crippen molar-refractivity contribution < 1.29 is 0 Å². The second kappa shape index (κ2) is 6.60. The number of nitrogens with zero attached hydrogens (tertiary/aromatic N) is 2. The van der Waals surface area contributed by atoms with Crippen LogP contribution in [0.25, 0.3) is 0 Å². The molecule has 19 heavy (non-hydrogen) atoms. The molecule has 0 spiro atoms. The topological polar surface area (TPSA) is 42.2 Å². The minimum Gasteiger partial charge on any atom is -0.397 e. The van der Waals surface area contributed by atoms with Gasteiger partial charge in [0.25, 0.3) is 0 Å². The van der Waals surface area contributed by atoms with Crippen LogP contribution in [0.1, 0.15) is 46.0 Å². The van der Waals surface area contributed by atoms with Gasteiger partial charge in [0.2, 0.25) is 0 Å². The van der Waals surface area contributed by atoms with Crippen LogP contribution in [0.15, 0.2) is 16.7 Å². The van der Waals surface area contributed by atoms with Gasteiger partial charge >= 0.3 is 0 Å². The van der Waals surface area contributed by atoms with Gasteiger partial charge in [-0.3, -0.25) is 0 Å². The minimum atomic E-state index is 0.645. The number of hydrogen-bond acceptors (Lipinski definition) is 3. The third-order valence-electron chi connectivity index (χ3n) is 3.83. The maximum Gasteiger partial charge on any atom is 0.143 e. The van der Waals surface area contributed by atoms with Gasteiger partial charge in [-0.2, -0.15) is 0 Å². The Balaban J connectivity index is 2.19. The Hall–Kier alpha value is -0.770. The van der Waals surface area contributed by atoms with Crippen LogP contribution in [-0.2, 0) is 0 Å². The molecular weight excluding hydrogens is 302 g/mol. The maximum absolute atomic E-state index is 5.79. The third-order valence-corrected chi connectivity index (χ3v) is 4.41. The molecule has 0 bridgehead atoms. The molecule has 1 aliphatic rings. The first-order valence-electron chi connectivity index (χ1n) is 7.25. The highest BCUT2D eigenvalue weighted by molar-refractivity contribution is 9.10. The zero-order valence-electron chi connectivity index (χ0n) is 11.9. The lowest BCUT2D eigenvalue weighted by molar-refractivity contribution is 0.524. The Morgan fingerprint density at radius 2 is 2.11 bits per heavy atom. The molecule has 3 nitrogen and oxygen atoms in total. The third kappa shape index (κ3) is 3.85. The van der Waals surface area contributed by atoms with Crippen LogP contribution in [0.5, 0.6) is 0 Å². The number of aromatic nitrogens is 1. The summed E-state index contributed by atoms with van der Waals surface area (Å²) in [6.45, 7) is 5.63. The van der Waals surface area contributed by atoms with Gasteiger partial charge in [0.1, 0.15) is 5.82 Å². The largest absolute Gasteiger partial charge is 0.397 e. The molecule has 106 valence electrons. The van der Waals surface area contributed by atoms with E-state index in [1.54, 1.807) is 6.20 Å². The lowest BCUT2D eigenvalue weighted by atomic mass is 10.1. The molecular formula is C15H24BrN3. The van der Waals surface area contributed by atoms with E-state index in [0.29, 0.717) is 11.7 Å². The van der Waals surface area contributed by atoms with E-state index in [1.165, 1.54) is 32.1 Å². The van der Waals surface area contributed by atoms with E-state index in [0.717, 1.165) is 22.8 Å². The van der Waals surface area contributed by atoms with Crippen molar-refractivity contribution in [3.8, 4) is 0 Å². The monoisotopic (exact) mass is 325 g/mol. The van der Waals surface area contributed by atoms with E-state index >= 15 is 0 Å². The number of pyridine rings is 1. The fraction of sp³-hybridized carbons (Fsp3) is 0.667. The second-order valence-corrected chi connectivity index (χ2v) is 6.74. The summed E-state index contributed by atoms with van der Waals surface area (Å²) in [6.07, 6.45) is 8.23. The summed E-state index contributed by atoms with van der Waals surface area (Å²) in [6, 6.07) is 2.60. The molecule has 0 atom stereocenters. The average molecular weight is 326 g/mol. The number of nitrogens with two attached hydrogens (primary N) is 1. The van der Waals surface area contributed by atoms with Crippen LogP contribution in [0.4, 0.5) is 11.5 Å². The smallest absolute Gasteiger partial charge is 0.143 e. The van der Waals surface area contributed by atoms with E-state index in [9.17, 15) is 0 Å². The predicted octanol–water partition coefficient (Wildman–Crippen LogP) is 4.22. The Morgan fingerprint density at radius 1 is 1.42 bits per heavy atom. The molecule has 1 aromatic heterocycles. The van der Waals surface area contributed by atoms with Gasteiger partial charge in [-0.25, -0.2) is 4.98 Å². The van der Waals surface area contributed by atoms with Crippen molar-refractivity contribution in [2.45, 2.75) is 52.0 Å². The highest BCUT2D eigenvalue weighted by Gasteiger charge is 2.25.